The molecule has 0 aliphatic carbocycles. The molecule has 0 bridgehead atoms. The summed E-state index contributed by atoms with van der Waals surface area (Å²) in [7, 11) is 8.32. The van der Waals surface area contributed by atoms with E-state index in [-0.39, 0.29) is 0 Å². The Morgan fingerprint density at radius 3 is 2.81 bits per heavy atom. The van der Waals surface area contributed by atoms with Crippen molar-refractivity contribution in [2.75, 3.05) is 54.1 Å². The summed E-state index contributed by atoms with van der Waals surface area (Å²) in [5.74, 6) is 2.15. The normalized spacial score (nSPS) is 27.0. The quantitative estimate of drug-likeness (QED) is 0.823. The molecule has 3 atom stereocenters. The third-order valence-electron chi connectivity index (χ3n) is 6.20. The highest BCUT2D eigenvalue weighted by molar-refractivity contribution is 5.86. The number of methoxy groups -OCH3 is 1. The van der Waals surface area contributed by atoms with Crippen LogP contribution >= 0.6 is 0 Å². The summed E-state index contributed by atoms with van der Waals surface area (Å²) in [4.78, 5) is 5.04. The largest absolute Gasteiger partial charge is 0.497 e. The Balaban J connectivity index is 1.65. The minimum atomic E-state index is 0.517. The van der Waals surface area contributed by atoms with Gasteiger partial charge in [-0.1, -0.05) is 0 Å². The first-order chi connectivity index (χ1) is 12.6. The molecular formula is C21H31N3O2. The van der Waals surface area contributed by atoms with Crippen LogP contribution in [0, 0.1) is 5.92 Å². The van der Waals surface area contributed by atoms with Gasteiger partial charge in [-0.3, -0.25) is 0 Å². The van der Waals surface area contributed by atoms with Gasteiger partial charge in [0, 0.05) is 62.3 Å². The van der Waals surface area contributed by atoms with Gasteiger partial charge < -0.3 is 23.8 Å². The van der Waals surface area contributed by atoms with Gasteiger partial charge in [-0.15, -0.1) is 0 Å². The lowest BCUT2D eigenvalue weighted by Crippen LogP contribution is -2.35. The minimum Gasteiger partial charge on any atom is -0.497 e. The maximum atomic E-state index is 5.59. The smallest absolute Gasteiger partial charge is 0.119 e. The molecule has 0 amide bonds. The van der Waals surface area contributed by atoms with Gasteiger partial charge in [-0.25, -0.2) is 0 Å². The van der Waals surface area contributed by atoms with Gasteiger partial charge in [0.15, 0.2) is 0 Å². The van der Waals surface area contributed by atoms with Crippen LogP contribution in [-0.2, 0) is 11.8 Å². The lowest BCUT2D eigenvalue weighted by Gasteiger charge is -2.25. The second kappa shape index (κ2) is 7.22. The maximum Gasteiger partial charge on any atom is 0.119 e. The van der Waals surface area contributed by atoms with Crippen molar-refractivity contribution < 1.29 is 9.47 Å². The molecule has 2 aliphatic rings. The minimum absolute atomic E-state index is 0.517. The first kappa shape index (κ1) is 17.8. The van der Waals surface area contributed by atoms with Crippen LogP contribution in [-0.4, -0.2) is 74.5 Å². The van der Waals surface area contributed by atoms with Crippen molar-refractivity contribution >= 4 is 10.9 Å². The fraction of sp³-hybridized carbons (Fsp3) is 0.619. The van der Waals surface area contributed by atoms with Crippen molar-refractivity contribution in [2.24, 2.45) is 13.0 Å². The summed E-state index contributed by atoms with van der Waals surface area (Å²) in [6.07, 6.45) is 3.53. The van der Waals surface area contributed by atoms with Gasteiger partial charge in [-0.2, -0.15) is 0 Å². The Morgan fingerprint density at radius 1 is 1.27 bits per heavy atom. The molecule has 0 spiro atoms. The topological polar surface area (TPSA) is 29.9 Å². The SMILES string of the molecule is COc1ccc2c(c1)c([C@@H]1CN(CC3CCOC3)C[C@H]1N(C)C)cn2C. The van der Waals surface area contributed by atoms with E-state index in [9.17, 15) is 0 Å². The molecule has 1 aromatic heterocycles. The number of hydrogen-bond acceptors (Lipinski definition) is 4. The highest BCUT2D eigenvalue weighted by Crippen LogP contribution is 2.37. The molecule has 2 aliphatic heterocycles. The molecule has 4 rings (SSSR count). The van der Waals surface area contributed by atoms with Crippen LogP contribution in [0.15, 0.2) is 24.4 Å². The Bertz CT molecular complexity index is 764. The lowest BCUT2D eigenvalue weighted by atomic mass is 9.93. The molecule has 5 heteroatoms. The number of fused-ring (bicyclic) bond motifs is 1. The standard InChI is InChI=1S/C21H31N3O2/c1-22(2)21-13-24(10-15-7-8-26-14-15)12-19(21)18-11-23(3)20-6-5-16(25-4)9-17(18)20/h5-6,9,11,15,19,21H,7-8,10,12-14H2,1-4H3/t15?,19-,21+/m0/s1. The van der Waals surface area contributed by atoms with Crippen molar-refractivity contribution in [1.82, 2.24) is 14.4 Å². The second-order valence-electron chi connectivity index (χ2n) is 8.16. The van der Waals surface area contributed by atoms with E-state index in [1.165, 1.54) is 22.9 Å². The number of likely N-dealkylation sites (N-methyl/N-ethyl adjacent to an activating group) is 1. The van der Waals surface area contributed by atoms with Crippen LogP contribution in [0.5, 0.6) is 5.75 Å². The molecule has 2 saturated heterocycles. The number of rotatable bonds is 5. The second-order valence-corrected chi connectivity index (χ2v) is 8.16. The lowest BCUT2D eigenvalue weighted by molar-refractivity contribution is 0.171. The van der Waals surface area contributed by atoms with Crippen LogP contribution in [0.4, 0.5) is 0 Å². The number of aryl methyl sites for hydroxylation is 1. The van der Waals surface area contributed by atoms with E-state index in [2.05, 4.69) is 59.9 Å². The number of nitrogens with zero attached hydrogens (tertiary/aromatic N) is 3. The monoisotopic (exact) mass is 357 g/mol. The van der Waals surface area contributed by atoms with E-state index in [0.717, 1.165) is 38.6 Å². The Kier molecular flexibility index (Phi) is 4.95. The van der Waals surface area contributed by atoms with Crippen LogP contribution in [0.1, 0.15) is 17.9 Å². The molecule has 0 N–H and O–H groups in total. The number of benzene rings is 1. The fourth-order valence-corrected chi connectivity index (χ4v) is 4.76. The Morgan fingerprint density at radius 2 is 2.12 bits per heavy atom. The predicted octanol–water partition coefficient (Wildman–Crippen LogP) is 2.55. The number of ether oxygens (including phenoxy) is 2. The van der Waals surface area contributed by atoms with Gasteiger partial charge >= 0.3 is 0 Å². The third kappa shape index (κ3) is 3.24. The zero-order valence-electron chi connectivity index (χ0n) is 16.4. The van der Waals surface area contributed by atoms with Crippen LogP contribution in [0.25, 0.3) is 10.9 Å². The zero-order chi connectivity index (χ0) is 18.3. The fourth-order valence-electron chi connectivity index (χ4n) is 4.76. The predicted molar refractivity (Wildman–Crippen MR) is 105 cm³/mol. The number of aromatic nitrogens is 1. The maximum absolute atomic E-state index is 5.59. The average Bonchev–Trinajstić information content (AvgIpc) is 3.34. The van der Waals surface area contributed by atoms with E-state index < -0.39 is 0 Å². The first-order valence-electron chi connectivity index (χ1n) is 9.66. The highest BCUT2D eigenvalue weighted by Gasteiger charge is 2.37. The Hall–Kier alpha value is -1.56. The van der Waals surface area contributed by atoms with Crippen LogP contribution < -0.4 is 4.74 Å². The molecule has 3 heterocycles. The first-order valence-corrected chi connectivity index (χ1v) is 9.66. The van der Waals surface area contributed by atoms with E-state index >= 15 is 0 Å². The summed E-state index contributed by atoms with van der Waals surface area (Å²) in [5.41, 5.74) is 2.73. The van der Waals surface area contributed by atoms with Crippen LogP contribution in [0.2, 0.25) is 0 Å². The van der Waals surface area contributed by atoms with Crippen molar-refractivity contribution in [3.8, 4) is 5.75 Å². The van der Waals surface area contributed by atoms with Gasteiger partial charge in [0.25, 0.3) is 0 Å². The summed E-state index contributed by atoms with van der Waals surface area (Å²) >= 11 is 0. The van der Waals surface area contributed by atoms with Crippen molar-refractivity contribution in [1.29, 1.82) is 0 Å². The summed E-state index contributed by atoms with van der Waals surface area (Å²) in [6, 6.07) is 6.96. The molecule has 5 nitrogen and oxygen atoms in total. The average molecular weight is 357 g/mol. The molecule has 2 fully saturated rings. The summed E-state index contributed by atoms with van der Waals surface area (Å²) < 4.78 is 13.3. The summed E-state index contributed by atoms with van der Waals surface area (Å²) in [6.45, 7) is 5.28. The van der Waals surface area contributed by atoms with Crippen molar-refractivity contribution in [2.45, 2.75) is 18.4 Å². The Labute approximate surface area is 156 Å². The van der Waals surface area contributed by atoms with E-state index in [1.54, 1.807) is 7.11 Å². The van der Waals surface area contributed by atoms with Crippen molar-refractivity contribution in [3.63, 3.8) is 0 Å². The van der Waals surface area contributed by atoms with Gasteiger partial charge in [-0.05, 0) is 50.2 Å². The van der Waals surface area contributed by atoms with Crippen molar-refractivity contribution in [3.05, 3.63) is 30.0 Å². The van der Waals surface area contributed by atoms with E-state index in [0.29, 0.717) is 17.9 Å². The molecule has 1 unspecified atom stereocenters. The van der Waals surface area contributed by atoms with E-state index in [4.69, 9.17) is 9.47 Å². The molecule has 26 heavy (non-hydrogen) atoms. The van der Waals surface area contributed by atoms with Gasteiger partial charge in [0.1, 0.15) is 5.75 Å². The van der Waals surface area contributed by atoms with Gasteiger partial charge in [0.05, 0.1) is 13.7 Å². The van der Waals surface area contributed by atoms with Gasteiger partial charge in [0.2, 0.25) is 0 Å². The third-order valence-corrected chi connectivity index (χ3v) is 6.20. The zero-order valence-corrected chi connectivity index (χ0v) is 16.4. The molecule has 142 valence electrons. The molecule has 1 aromatic carbocycles. The summed E-state index contributed by atoms with van der Waals surface area (Å²) in [5, 5.41) is 1.33. The van der Waals surface area contributed by atoms with Crippen LogP contribution in [0.3, 0.4) is 0 Å². The molecule has 0 radical (unpaired) electrons. The molecular weight excluding hydrogens is 326 g/mol. The molecule has 2 aromatic rings. The highest BCUT2D eigenvalue weighted by atomic mass is 16.5. The number of hydrogen-bond donors (Lipinski definition) is 0. The van der Waals surface area contributed by atoms with E-state index in [1.807, 2.05) is 0 Å². The number of likely N-dealkylation sites (tertiary alicyclic amines) is 1. The molecule has 0 saturated carbocycles.